The van der Waals surface area contributed by atoms with Gasteiger partial charge in [-0.2, -0.15) is 0 Å². The second-order valence-corrected chi connectivity index (χ2v) is 5.36. The van der Waals surface area contributed by atoms with Gasteiger partial charge in [0.2, 0.25) is 0 Å². The van der Waals surface area contributed by atoms with Crippen LogP contribution in [0.1, 0.15) is 5.56 Å². The fraction of sp³-hybridized carbons (Fsp3) is 0.0833. The van der Waals surface area contributed by atoms with Gasteiger partial charge in [0, 0.05) is 21.3 Å². The molecular formula is C12H11BrN2S. The summed E-state index contributed by atoms with van der Waals surface area (Å²) in [5.41, 5.74) is 7.92. The van der Waals surface area contributed by atoms with Crippen LogP contribution < -0.4 is 5.73 Å². The molecule has 2 rings (SSSR count). The number of aryl methyl sites for hydroxylation is 1. The van der Waals surface area contributed by atoms with Crippen molar-refractivity contribution < 1.29 is 0 Å². The Morgan fingerprint density at radius 1 is 1.25 bits per heavy atom. The van der Waals surface area contributed by atoms with Crippen molar-refractivity contribution in [2.45, 2.75) is 16.8 Å². The molecule has 4 heteroatoms. The molecule has 0 fully saturated rings. The van der Waals surface area contributed by atoms with Crippen LogP contribution in [0.3, 0.4) is 0 Å². The topological polar surface area (TPSA) is 38.9 Å². The van der Waals surface area contributed by atoms with E-state index < -0.39 is 0 Å². The van der Waals surface area contributed by atoms with Gasteiger partial charge >= 0.3 is 0 Å². The maximum atomic E-state index is 5.94. The molecule has 0 bridgehead atoms. The zero-order valence-corrected chi connectivity index (χ0v) is 11.2. The molecule has 16 heavy (non-hydrogen) atoms. The Morgan fingerprint density at radius 2 is 2.06 bits per heavy atom. The number of hydrogen-bond acceptors (Lipinski definition) is 3. The van der Waals surface area contributed by atoms with E-state index in [1.807, 2.05) is 24.3 Å². The van der Waals surface area contributed by atoms with Crippen molar-refractivity contribution in [1.29, 1.82) is 0 Å². The molecule has 0 amide bonds. The van der Waals surface area contributed by atoms with Crippen molar-refractivity contribution in [2.75, 3.05) is 5.73 Å². The first-order valence-electron chi connectivity index (χ1n) is 4.81. The number of aromatic nitrogens is 1. The van der Waals surface area contributed by atoms with Gasteiger partial charge in [0.1, 0.15) is 5.03 Å². The Kier molecular flexibility index (Phi) is 3.51. The summed E-state index contributed by atoms with van der Waals surface area (Å²) in [5, 5.41) is 0.948. The van der Waals surface area contributed by atoms with Crippen LogP contribution in [-0.4, -0.2) is 4.98 Å². The quantitative estimate of drug-likeness (QED) is 0.854. The SMILES string of the molecule is Cc1cccc(N)c1Sc1ccc(Br)cn1. The largest absolute Gasteiger partial charge is 0.398 e. The van der Waals surface area contributed by atoms with Gasteiger partial charge in [-0.15, -0.1) is 0 Å². The molecule has 0 saturated carbocycles. The predicted molar refractivity (Wildman–Crippen MR) is 71.7 cm³/mol. The van der Waals surface area contributed by atoms with E-state index in [1.165, 1.54) is 5.56 Å². The standard InChI is InChI=1S/C12H11BrN2S/c1-8-3-2-4-10(14)12(8)16-11-6-5-9(13)7-15-11/h2-7H,14H2,1H3. The minimum Gasteiger partial charge on any atom is -0.398 e. The summed E-state index contributed by atoms with van der Waals surface area (Å²) in [4.78, 5) is 5.40. The molecule has 0 radical (unpaired) electrons. The highest BCUT2D eigenvalue weighted by molar-refractivity contribution is 9.10. The lowest BCUT2D eigenvalue weighted by atomic mass is 10.2. The van der Waals surface area contributed by atoms with Gasteiger partial charge in [-0.25, -0.2) is 4.98 Å². The number of halogens is 1. The maximum absolute atomic E-state index is 5.94. The van der Waals surface area contributed by atoms with Gasteiger partial charge in [-0.1, -0.05) is 23.9 Å². The van der Waals surface area contributed by atoms with Gasteiger partial charge in [-0.3, -0.25) is 0 Å². The van der Waals surface area contributed by atoms with Crippen LogP contribution in [0.15, 0.2) is 50.9 Å². The van der Waals surface area contributed by atoms with Crippen LogP contribution in [0, 0.1) is 6.92 Å². The predicted octanol–water partition coefficient (Wildman–Crippen LogP) is 3.89. The molecule has 0 aliphatic rings. The lowest BCUT2D eigenvalue weighted by Crippen LogP contribution is -1.91. The van der Waals surface area contributed by atoms with Crippen LogP contribution in [0.4, 0.5) is 5.69 Å². The third-order valence-electron chi connectivity index (χ3n) is 2.15. The zero-order valence-electron chi connectivity index (χ0n) is 8.77. The Balaban J connectivity index is 2.30. The molecule has 0 atom stereocenters. The molecule has 0 unspecified atom stereocenters. The number of benzene rings is 1. The first-order valence-corrected chi connectivity index (χ1v) is 6.42. The second-order valence-electron chi connectivity index (χ2n) is 3.41. The smallest absolute Gasteiger partial charge is 0.101 e. The highest BCUT2D eigenvalue weighted by Gasteiger charge is 2.05. The van der Waals surface area contributed by atoms with E-state index in [2.05, 4.69) is 33.9 Å². The number of nitrogens with zero attached hydrogens (tertiary/aromatic N) is 1. The van der Waals surface area contributed by atoms with Crippen molar-refractivity contribution in [3.05, 3.63) is 46.6 Å². The number of nitrogen functional groups attached to an aromatic ring is 1. The van der Waals surface area contributed by atoms with Crippen molar-refractivity contribution in [1.82, 2.24) is 4.98 Å². The molecule has 1 aromatic carbocycles. The summed E-state index contributed by atoms with van der Waals surface area (Å²) in [7, 11) is 0. The third kappa shape index (κ3) is 2.57. The van der Waals surface area contributed by atoms with Crippen LogP contribution in [0.2, 0.25) is 0 Å². The van der Waals surface area contributed by atoms with E-state index in [0.29, 0.717) is 0 Å². The minimum atomic E-state index is 0.801. The van der Waals surface area contributed by atoms with Crippen molar-refractivity contribution in [3.63, 3.8) is 0 Å². The Morgan fingerprint density at radius 3 is 2.69 bits per heavy atom. The Labute approximate surface area is 107 Å². The van der Waals surface area contributed by atoms with Crippen LogP contribution >= 0.6 is 27.7 Å². The number of nitrogens with two attached hydrogens (primary N) is 1. The number of hydrogen-bond donors (Lipinski definition) is 1. The average Bonchev–Trinajstić information content (AvgIpc) is 2.26. The van der Waals surface area contributed by atoms with Crippen LogP contribution in [-0.2, 0) is 0 Å². The zero-order chi connectivity index (χ0) is 11.5. The summed E-state index contributed by atoms with van der Waals surface area (Å²) in [6.45, 7) is 2.05. The van der Waals surface area contributed by atoms with Crippen molar-refractivity contribution in [2.24, 2.45) is 0 Å². The molecule has 0 aliphatic heterocycles. The van der Waals surface area contributed by atoms with Gasteiger partial charge in [-0.05, 0) is 46.6 Å². The molecule has 2 nitrogen and oxygen atoms in total. The maximum Gasteiger partial charge on any atom is 0.101 e. The summed E-state index contributed by atoms with van der Waals surface area (Å²) in [6, 6.07) is 9.87. The van der Waals surface area contributed by atoms with E-state index in [4.69, 9.17) is 5.73 Å². The lowest BCUT2D eigenvalue weighted by Gasteiger charge is -2.07. The van der Waals surface area contributed by atoms with Gasteiger partial charge in [0.05, 0.1) is 0 Å². The normalized spacial score (nSPS) is 10.4. The lowest BCUT2D eigenvalue weighted by molar-refractivity contribution is 1.12. The average molecular weight is 295 g/mol. The summed E-state index contributed by atoms with van der Waals surface area (Å²) in [5.74, 6) is 0. The number of pyridine rings is 1. The Bertz CT molecular complexity index is 477. The molecule has 82 valence electrons. The molecule has 1 heterocycles. The second kappa shape index (κ2) is 4.89. The monoisotopic (exact) mass is 294 g/mol. The van der Waals surface area contributed by atoms with Crippen molar-refractivity contribution in [3.8, 4) is 0 Å². The Hall–Kier alpha value is -1.00. The molecule has 0 saturated heterocycles. The fourth-order valence-corrected chi connectivity index (χ4v) is 2.44. The van der Waals surface area contributed by atoms with Crippen molar-refractivity contribution >= 4 is 33.4 Å². The third-order valence-corrected chi connectivity index (χ3v) is 3.83. The van der Waals surface area contributed by atoms with Gasteiger partial charge < -0.3 is 5.73 Å². The molecular weight excluding hydrogens is 284 g/mol. The number of anilines is 1. The molecule has 2 N–H and O–H groups in total. The highest BCUT2D eigenvalue weighted by atomic mass is 79.9. The first-order chi connectivity index (χ1) is 7.66. The van der Waals surface area contributed by atoms with Crippen LogP contribution in [0.25, 0.3) is 0 Å². The van der Waals surface area contributed by atoms with Crippen LogP contribution in [0.5, 0.6) is 0 Å². The highest BCUT2D eigenvalue weighted by Crippen LogP contribution is 2.33. The van der Waals surface area contributed by atoms with E-state index in [-0.39, 0.29) is 0 Å². The van der Waals surface area contributed by atoms with Gasteiger partial charge in [0.15, 0.2) is 0 Å². The summed E-state index contributed by atoms with van der Waals surface area (Å²) < 4.78 is 0.981. The van der Waals surface area contributed by atoms with E-state index in [9.17, 15) is 0 Å². The van der Waals surface area contributed by atoms with E-state index >= 15 is 0 Å². The summed E-state index contributed by atoms with van der Waals surface area (Å²) in [6.07, 6.45) is 1.79. The number of rotatable bonds is 2. The molecule has 1 aromatic heterocycles. The molecule has 0 spiro atoms. The minimum absolute atomic E-state index is 0.801. The van der Waals surface area contributed by atoms with E-state index in [0.717, 1.165) is 20.1 Å². The van der Waals surface area contributed by atoms with Gasteiger partial charge in [0.25, 0.3) is 0 Å². The van der Waals surface area contributed by atoms with E-state index in [1.54, 1.807) is 18.0 Å². The first kappa shape index (κ1) is 11.5. The summed E-state index contributed by atoms with van der Waals surface area (Å²) >= 11 is 4.96. The molecule has 0 aliphatic carbocycles. The fourth-order valence-electron chi connectivity index (χ4n) is 1.34. The molecule has 2 aromatic rings.